The molecule has 2 N–H and O–H groups in total. The summed E-state index contributed by atoms with van der Waals surface area (Å²) in [5.74, 6) is 0. The SMILES string of the molecule is CCCN1CCN(S(=O)(=O)c2ccc(CN)cc2Cl)CC1. The minimum Gasteiger partial charge on any atom is -0.326 e. The van der Waals surface area contributed by atoms with Crippen molar-refractivity contribution in [1.82, 2.24) is 9.21 Å². The highest BCUT2D eigenvalue weighted by molar-refractivity contribution is 7.89. The predicted molar refractivity (Wildman–Crippen MR) is 84.8 cm³/mol. The Hall–Kier alpha value is -0.660. The highest BCUT2D eigenvalue weighted by Gasteiger charge is 2.29. The van der Waals surface area contributed by atoms with E-state index in [2.05, 4.69) is 11.8 Å². The van der Waals surface area contributed by atoms with E-state index in [1.807, 2.05) is 0 Å². The van der Waals surface area contributed by atoms with Gasteiger partial charge in [-0.3, -0.25) is 0 Å². The van der Waals surface area contributed by atoms with Crippen molar-refractivity contribution in [3.8, 4) is 0 Å². The summed E-state index contributed by atoms with van der Waals surface area (Å²) in [6.45, 7) is 6.04. The molecule has 0 atom stereocenters. The zero-order valence-electron chi connectivity index (χ0n) is 12.3. The third-order valence-corrected chi connectivity index (χ3v) is 6.10. The number of benzene rings is 1. The van der Waals surface area contributed by atoms with Crippen LogP contribution in [-0.4, -0.2) is 50.3 Å². The van der Waals surface area contributed by atoms with Gasteiger partial charge >= 0.3 is 0 Å². The van der Waals surface area contributed by atoms with E-state index in [1.54, 1.807) is 18.2 Å². The molecule has 0 saturated carbocycles. The van der Waals surface area contributed by atoms with Crippen LogP contribution in [0.1, 0.15) is 18.9 Å². The highest BCUT2D eigenvalue weighted by atomic mass is 35.5. The lowest BCUT2D eigenvalue weighted by molar-refractivity contribution is 0.188. The average molecular weight is 332 g/mol. The van der Waals surface area contributed by atoms with E-state index in [1.165, 1.54) is 4.31 Å². The van der Waals surface area contributed by atoms with E-state index in [0.29, 0.717) is 19.6 Å². The van der Waals surface area contributed by atoms with Gasteiger partial charge in [0.05, 0.1) is 5.02 Å². The molecule has 1 aromatic rings. The van der Waals surface area contributed by atoms with Gasteiger partial charge in [0.2, 0.25) is 10.0 Å². The molecule has 2 rings (SSSR count). The summed E-state index contributed by atoms with van der Waals surface area (Å²) in [7, 11) is -3.52. The molecule has 21 heavy (non-hydrogen) atoms. The van der Waals surface area contributed by atoms with Gasteiger partial charge in [-0.05, 0) is 30.7 Å². The Morgan fingerprint density at radius 2 is 1.90 bits per heavy atom. The number of nitrogens with two attached hydrogens (primary N) is 1. The zero-order valence-corrected chi connectivity index (χ0v) is 13.8. The van der Waals surface area contributed by atoms with Crippen LogP contribution in [0.3, 0.4) is 0 Å². The van der Waals surface area contributed by atoms with Gasteiger partial charge in [-0.1, -0.05) is 24.6 Å². The van der Waals surface area contributed by atoms with Crippen molar-refractivity contribution in [2.45, 2.75) is 24.8 Å². The van der Waals surface area contributed by atoms with Gasteiger partial charge in [0, 0.05) is 32.7 Å². The summed E-state index contributed by atoms with van der Waals surface area (Å²) in [6, 6.07) is 4.89. The molecule has 1 aliphatic heterocycles. The van der Waals surface area contributed by atoms with Crippen LogP contribution in [0.15, 0.2) is 23.1 Å². The molecule has 0 radical (unpaired) electrons. The molecule has 1 fully saturated rings. The lowest BCUT2D eigenvalue weighted by Crippen LogP contribution is -2.48. The topological polar surface area (TPSA) is 66.6 Å². The number of sulfonamides is 1. The first kappa shape index (κ1) is 16.7. The van der Waals surface area contributed by atoms with Crippen molar-refractivity contribution in [2.75, 3.05) is 32.7 Å². The smallest absolute Gasteiger partial charge is 0.244 e. The summed E-state index contributed by atoms with van der Waals surface area (Å²) in [4.78, 5) is 2.45. The Bertz CT molecular complexity index is 584. The minimum absolute atomic E-state index is 0.172. The van der Waals surface area contributed by atoms with Crippen molar-refractivity contribution in [1.29, 1.82) is 0 Å². The van der Waals surface area contributed by atoms with E-state index < -0.39 is 10.0 Å². The van der Waals surface area contributed by atoms with Crippen LogP contribution in [0, 0.1) is 0 Å². The van der Waals surface area contributed by atoms with Crippen LogP contribution >= 0.6 is 11.6 Å². The summed E-state index contributed by atoms with van der Waals surface area (Å²) >= 11 is 6.12. The molecular weight excluding hydrogens is 310 g/mol. The van der Waals surface area contributed by atoms with Crippen molar-refractivity contribution in [2.24, 2.45) is 5.73 Å². The fraction of sp³-hybridized carbons (Fsp3) is 0.571. The maximum atomic E-state index is 12.7. The Morgan fingerprint density at radius 1 is 1.24 bits per heavy atom. The molecule has 7 heteroatoms. The highest BCUT2D eigenvalue weighted by Crippen LogP contribution is 2.26. The monoisotopic (exact) mass is 331 g/mol. The number of piperazine rings is 1. The quantitative estimate of drug-likeness (QED) is 0.888. The van der Waals surface area contributed by atoms with Crippen LogP contribution in [0.25, 0.3) is 0 Å². The third kappa shape index (κ3) is 3.76. The molecule has 1 heterocycles. The molecule has 0 spiro atoms. The largest absolute Gasteiger partial charge is 0.326 e. The number of nitrogens with zero attached hydrogens (tertiary/aromatic N) is 2. The van der Waals surface area contributed by atoms with Gasteiger partial charge in [-0.15, -0.1) is 0 Å². The zero-order chi connectivity index (χ0) is 15.5. The fourth-order valence-corrected chi connectivity index (χ4v) is 4.49. The van der Waals surface area contributed by atoms with Crippen LogP contribution in [0.5, 0.6) is 0 Å². The number of rotatable bonds is 5. The molecular formula is C14H22ClN3O2S. The molecule has 0 unspecified atom stereocenters. The molecule has 1 aliphatic rings. The van der Waals surface area contributed by atoms with Crippen molar-refractivity contribution < 1.29 is 8.42 Å². The van der Waals surface area contributed by atoms with E-state index in [4.69, 9.17) is 17.3 Å². The van der Waals surface area contributed by atoms with Gasteiger partial charge < -0.3 is 10.6 Å². The summed E-state index contributed by atoms with van der Waals surface area (Å²) < 4.78 is 26.8. The predicted octanol–water partition coefficient (Wildman–Crippen LogP) is 1.51. The maximum absolute atomic E-state index is 12.7. The maximum Gasteiger partial charge on any atom is 0.244 e. The van der Waals surface area contributed by atoms with Crippen LogP contribution in [0.2, 0.25) is 5.02 Å². The van der Waals surface area contributed by atoms with Crippen molar-refractivity contribution >= 4 is 21.6 Å². The average Bonchev–Trinajstić information content (AvgIpc) is 2.47. The van der Waals surface area contributed by atoms with Gasteiger partial charge in [0.25, 0.3) is 0 Å². The minimum atomic E-state index is -3.52. The number of hydrogen-bond donors (Lipinski definition) is 1. The van der Waals surface area contributed by atoms with Gasteiger partial charge in [-0.2, -0.15) is 4.31 Å². The lowest BCUT2D eigenvalue weighted by atomic mass is 10.2. The Morgan fingerprint density at radius 3 is 2.43 bits per heavy atom. The fourth-order valence-electron chi connectivity index (χ4n) is 2.53. The van der Waals surface area contributed by atoms with E-state index in [-0.39, 0.29) is 9.92 Å². The van der Waals surface area contributed by atoms with E-state index in [9.17, 15) is 8.42 Å². The molecule has 0 bridgehead atoms. The molecule has 5 nitrogen and oxygen atoms in total. The van der Waals surface area contributed by atoms with Gasteiger partial charge in [0.15, 0.2) is 0 Å². The standard InChI is InChI=1S/C14H22ClN3O2S/c1-2-5-17-6-8-18(9-7-17)21(19,20)14-4-3-12(11-16)10-13(14)15/h3-4,10H,2,5-9,11,16H2,1H3. The molecule has 0 aliphatic carbocycles. The first-order chi connectivity index (χ1) is 9.98. The Kier molecular flexibility index (Phi) is 5.62. The number of hydrogen-bond acceptors (Lipinski definition) is 4. The molecule has 1 saturated heterocycles. The van der Waals surface area contributed by atoms with Crippen molar-refractivity contribution in [3.63, 3.8) is 0 Å². The van der Waals surface area contributed by atoms with Gasteiger partial charge in [0.1, 0.15) is 4.90 Å². The van der Waals surface area contributed by atoms with Gasteiger partial charge in [-0.25, -0.2) is 8.42 Å². The van der Waals surface area contributed by atoms with Crippen LogP contribution < -0.4 is 5.73 Å². The Labute approximate surface area is 131 Å². The van der Waals surface area contributed by atoms with Crippen LogP contribution in [0.4, 0.5) is 0 Å². The second-order valence-corrected chi connectivity index (χ2v) is 7.53. The van der Waals surface area contributed by atoms with Crippen molar-refractivity contribution in [3.05, 3.63) is 28.8 Å². The summed E-state index contributed by atoms with van der Waals surface area (Å²) in [5, 5.41) is 0.244. The first-order valence-electron chi connectivity index (χ1n) is 7.20. The second kappa shape index (κ2) is 7.07. The lowest BCUT2D eigenvalue weighted by Gasteiger charge is -2.33. The summed E-state index contributed by atoms with van der Waals surface area (Å²) in [6.07, 6.45) is 1.08. The summed E-state index contributed by atoms with van der Waals surface area (Å²) in [5.41, 5.74) is 6.37. The van der Waals surface area contributed by atoms with E-state index >= 15 is 0 Å². The van der Waals surface area contributed by atoms with E-state index in [0.717, 1.165) is 31.6 Å². The molecule has 118 valence electrons. The number of halogens is 1. The normalized spacial score (nSPS) is 18.0. The first-order valence-corrected chi connectivity index (χ1v) is 9.02. The second-order valence-electron chi connectivity index (χ2n) is 5.21. The Balaban J connectivity index is 2.16. The van der Waals surface area contributed by atoms with Crippen LogP contribution in [-0.2, 0) is 16.6 Å². The third-order valence-electron chi connectivity index (χ3n) is 3.72. The molecule has 1 aromatic carbocycles. The molecule has 0 amide bonds. The molecule has 0 aromatic heterocycles.